The third-order valence-corrected chi connectivity index (χ3v) is 2.49. The Hall–Kier alpha value is -1.26. The first-order chi connectivity index (χ1) is 7.52. The van der Waals surface area contributed by atoms with Gasteiger partial charge in [0.15, 0.2) is 0 Å². The van der Waals surface area contributed by atoms with Crippen molar-refractivity contribution < 1.29 is 9.90 Å². The number of carbonyl (C=O) groups is 1. The number of aryl methyl sites for hydroxylation is 1. The highest BCUT2D eigenvalue weighted by molar-refractivity contribution is 6.31. The topological polar surface area (TPSA) is 61.4 Å². The Balaban J connectivity index is 2.59. The van der Waals surface area contributed by atoms with Crippen LogP contribution in [-0.4, -0.2) is 23.8 Å². The minimum absolute atomic E-state index is 0.0952. The monoisotopic (exact) mass is 242 g/mol. The van der Waals surface area contributed by atoms with Crippen LogP contribution in [-0.2, 0) is 0 Å². The Kier molecular flexibility index (Phi) is 4.58. The van der Waals surface area contributed by atoms with Gasteiger partial charge in [0.05, 0.1) is 12.6 Å². The summed E-state index contributed by atoms with van der Waals surface area (Å²) in [4.78, 5) is 11.4. The number of halogens is 1. The molecule has 0 spiro atoms. The molecule has 0 radical (unpaired) electrons. The van der Waals surface area contributed by atoms with Gasteiger partial charge in [-0.2, -0.15) is 0 Å². The van der Waals surface area contributed by atoms with E-state index >= 15 is 0 Å². The zero-order valence-electron chi connectivity index (χ0n) is 9.25. The Morgan fingerprint density at radius 3 is 2.81 bits per heavy atom. The molecule has 0 fully saturated rings. The van der Waals surface area contributed by atoms with Gasteiger partial charge in [0.2, 0.25) is 0 Å². The third kappa shape index (κ3) is 3.72. The summed E-state index contributed by atoms with van der Waals surface area (Å²) in [6.07, 6.45) is 0. The predicted molar refractivity (Wildman–Crippen MR) is 64.9 cm³/mol. The zero-order valence-corrected chi connectivity index (χ0v) is 10.0. The molecule has 0 saturated heterocycles. The molecule has 1 atom stereocenters. The summed E-state index contributed by atoms with van der Waals surface area (Å²) in [6.45, 7) is 3.50. The Labute approximate surface area is 99.6 Å². The summed E-state index contributed by atoms with van der Waals surface area (Å²) >= 11 is 5.92. The largest absolute Gasteiger partial charge is 0.394 e. The highest BCUT2D eigenvalue weighted by Crippen LogP contribution is 2.19. The highest BCUT2D eigenvalue weighted by atomic mass is 35.5. The Bertz CT molecular complexity index is 382. The van der Waals surface area contributed by atoms with Crippen LogP contribution in [0.1, 0.15) is 12.5 Å². The number of nitrogens with one attached hydrogen (secondary N) is 2. The van der Waals surface area contributed by atoms with E-state index in [1.807, 2.05) is 13.0 Å². The first kappa shape index (κ1) is 12.8. The van der Waals surface area contributed by atoms with E-state index in [0.29, 0.717) is 10.7 Å². The van der Waals surface area contributed by atoms with Crippen LogP contribution in [0.4, 0.5) is 10.5 Å². The fourth-order valence-electron chi connectivity index (χ4n) is 1.11. The van der Waals surface area contributed by atoms with E-state index in [1.165, 1.54) is 0 Å². The summed E-state index contributed by atoms with van der Waals surface area (Å²) in [5.41, 5.74) is 1.58. The number of aliphatic hydroxyl groups excluding tert-OH is 1. The van der Waals surface area contributed by atoms with Gasteiger partial charge >= 0.3 is 6.03 Å². The quantitative estimate of drug-likeness (QED) is 0.761. The number of hydrogen-bond acceptors (Lipinski definition) is 2. The fourth-order valence-corrected chi connectivity index (χ4v) is 1.29. The van der Waals surface area contributed by atoms with Gasteiger partial charge in [-0.1, -0.05) is 17.7 Å². The summed E-state index contributed by atoms with van der Waals surface area (Å²) in [5, 5.41) is 14.6. The molecule has 0 aromatic heterocycles. The number of carbonyl (C=O) groups excluding carboxylic acids is 1. The van der Waals surface area contributed by atoms with E-state index in [4.69, 9.17) is 16.7 Å². The van der Waals surface area contributed by atoms with Crippen molar-refractivity contribution in [2.24, 2.45) is 0 Å². The Morgan fingerprint density at radius 2 is 2.25 bits per heavy atom. The van der Waals surface area contributed by atoms with Crippen LogP contribution in [0.25, 0.3) is 0 Å². The van der Waals surface area contributed by atoms with Gasteiger partial charge in [0, 0.05) is 10.7 Å². The molecule has 1 aromatic carbocycles. The number of amides is 2. The second-order valence-electron chi connectivity index (χ2n) is 3.65. The highest BCUT2D eigenvalue weighted by Gasteiger charge is 2.06. The van der Waals surface area contributed by atoms with E-state index < -0.39 is 0 Å². The molecule has 1 aromatic rings. The van der Waals surface area contributed by atoms with Crippen molar-refractivity contribution in [3.8, 4) is 0 Å². The molecule has 5 heteroatoms. The third-order valence-electron chi connectivity index (χ3n) is 2.08. The van der Waals surface area contributed by atoms with Gasteiger partial charge in [0.25, 0.3) is 0 Å². The van der Waals surface area contributed by atoms with E-state index in [0.717, 1.165) is 5.56 Å². The summed E-state index contributed by atoms with van der Waals surface area (Å²) in [7, 11) is 0. The van der Waals surface area contributed by atoms with E-state index in [9.17, 15) is 4.79 Å². The van der Waals surface area contributed by atoms with E-state index in [2.05, 4.69) is 10.6 Å². The van der Waals surface area contributed by atoms with Crippen LogP contribution in [0.15, 0.2) is 18.2 Å². The van der Waals surface area contributed by atoms with Crippen LogP contribution in [0.2, 0.25) is 5.02 Å². The first-order valence-electron chi connectivity index (χ1n) is 4.97. The number of anilines is 1. The van der Waals surface area contributed by atoms with Gasteiger partial charge < -0.3 is 15.7 Å². The maximum atomic E-state index is 11.4. The lowest BCUT2D eigenvalue weighted by Gasteiger charge is -2.12. The molecule has 0 bridgehead atoms. The number of aliphatic hydroxyl groups is 1. The maximum Gasteiger partial charge on any atom is 0.319 e. The molecular formula is C11H15ClN2O2. The van der Waals surface area contributed by atoms with E-state index in [-0.39, 0.29) is 18.7 Å². The number of rotatable bonds is 3. The lowest BCUT2D eigenvalue weighted by atomic mass is 10.2. The van der Waals surface area contributed by atoms with Crippen molar-refractivity contribution in [1.29, 1.82) is 0 Å². The van der Waals surface area contributed by atoms with Crippen LogP contribution in [0.5, 0.6) is 0 Å². The molecule has 0 aliphatic rings. The molecule has 0 heterocycles. The molecule has 1 rings (SSSR count). The fraction of sp³-hybridized carbons (Fsp3) is 0.364. The zero-order chi connectivity index (χ0) is 12.1. The molecule has 0 saturated carbocycles. The van der Waals surface area contributed by atoms with Crippen molar-refractivity contribution in [1.82, 2.24) is 5.32 Å². The molecule has 88 valence electrons. The lowest BCUT2D eigenvalue weighted by molar-refractivity contribution is 0.229. The normalized spacial score (nSPS) is 12.0. The smallest absolute Gasteiger partial charge is 0.319 e. The van der Waals surface area contributed by atoms with Crippen LogP contribution in [0, 0.1) is 6.92 Å². The van der Waals surface area contributed by atoms with Crippen LogP contribution >= 0.6 is 11.6 Å². The van der Waals surface area contributed by atoms with E-state index in [1.54, 1.807) is 19.1 Å². The molecule has 3 N–H and O–H groups in total. The minimum Gasteiger partial charge on any atom is -0.394 e. The van der Waals surface area contributed by atoms with Crippen molar-refractivity contribution in [2.75, 3.05) is 11.9 Å². The molecule has 4 nitrogen and oxygen atoms in total. The molecule has 2 amide bonds. The number of urea groups is 1. The molecular weight excluding hydrogens is 228 g/mol. The van der Waals surface area contributed by atoms with Gasteiger partial charge in [-0.05, 0) is 31.5 Å². The lowest BCUT2D eigenvalue weighted by Crippen LogP contribution is -2.38. The summed E-state index contributed by atoms with van der Waals surface area (Å²) in [6, 6.07) is 4.64. The standard InChI is InChI=1S/C11H15ClN2O2/c1-7-3-4-9(5-10(7)12)14-11(16)13-8(2)6-15/h3-5,8,15H,6H2,1-2H3,(H2,13,14,16)/t8-/m1/s1. The Morgan fingerprint density at radius 1 is 1.56 bits per heavy atom. The maximum absolute atomic E-state index is 11.4. The van der Waals surface area contributed by atoms with Crippen molar-refractivity contribution >= 4 is 23.3 Å². The van der Waals surface area contributed by atoms with Crippen LogP contribution in [0.3, 0.4) is 0 Å². The number of hydrogen-bond donors (Lipinski definition) is 3. The van der Waals surface area contributed by atoms with Gasteiger partial charge in [-0.15, -0.1) is 0 Å². The van der Waals surface area contributed by atoms with Crippen molar-refractivity contribution in [2.45, 2.75) is 19.9 Å². The predicted octanol–water partition coefficient (Wildman–Crippen LogP) is 2.15. The van der Waals surface area contributed by atoms with Gasteiger partial charge in [-0.25, -0.2) is 4.79 Å². The second-order valence-corrected chi connectivity index (χ2v) is 4.05. The average Bonchev–Trinajstić information content (AvgIpc) is 2.23. The molecule has 0 aliphatic heterocycles. The van der Waals surface area contributed by atoms with Crippen molar-refractivity contribution in [3.63, 3.8) is 0 Å². The first-order valence-corrected chi connectivity index (χ1v) is 5.35. The number of benzene rings is 1. The minimum atomic E-state index is -0.360. The molecule has 0 aliphatic carbocycles. The average molecular weight is 243 g/mol. The van der Waals surface area contributed by atoms with Crippen LogP contribution < -0.4 is 10.6 Å². The van der Waals surface area contributed by atoms with Gasteiger partial charge in [0.1, 0.15) is 0 Å². The summed E-state index contributed by atoms with van der Waals surface area (Å²) < 4.78 is 0. The molecule has 16 heavy (non-hydrogen) atoms. The molecule has 0 unspecified atom stereocenters. The van der Waals surface area contributed by atoms with Crippen molar-refractivity contribution in [3.05, 3.63) is 28.8 Å². The summed E-state index contributed by atoms with van der Waals surface area (Å²) in [5.74, 6) is 0. The SMILES string of the molecule is Cc1ccc(NC(=O)N[C@H](C)CO)cc1Cl. The van der Waals surface area contributed by atoms with Gasteiger partial charge in [-0.3, -0.25) is 0 Å². The second kappa shape index (κ2) is 5.72.